The van der Waals surface area contributed by atoms with Crippen LogP contribution in [0.15, 0.2) is 61.1 Å². The van der Waals surface area contributed by atoms with Gasteiger partial charge in [0.25, 0.3) is 0 Å². The molecule has 4 rings (SSSR count). The van der Waals surface area contributed by atoms with Crippen LogP contribution >= 0.6 is 0 Å². The molecule has 0 spiro atoms. The monoisotopic (exact) mass is 495 g/mol. The van der Waals surface area contributed by atoms with E-state index in [1.54, 1.807) is 30.7 Å². The minimum atomic E-state index is -4.37. The van der Waals surface area contributed by atoms with E-state index in [1.165, 1.54) is 12.1 Å². The molecule has 1 saturated heterocycles. The summed E-state index contributed by atoms with van der Waals surface area (Å²) in [4.78, 5) is 19.4. The molecule has 0 bridgehead atoms. The summed E-state index contributed by atoms with van der Waals surface area (Å²) in [5.74, 6) is -0.302. The second-order valence-corrected chi connectivity index (χ2v) is 9.26. The van der Waals surface area contributed by atoms with Gasteiger partial charge in [-0.25, -0.2) is 4.98 Å². The molecule has 0 radical (unpaired) electrons. The van der Waals surface area contributed by atoms with Crippen LogP contribution in [0.2, 0.25) is 0 Å². The molecule has 0 aliphatic carbocycles. The maximum Gasteiger partial charge on any atom is 0.416 e. The molecular formula is C27H28F3N5O. The lowest BCUT2D eigenvalue weighted by molar-refractivity contribution is -0.137. The number of alkyl halides is 3. The third-order valence-electron chi connectivity index (χ3n) is 6.52. The summed E-state index contributed by atoms with van der Waals surface area (Å²) in [5, 5.41) is 12.1. The van der Waals surface area contributed by atoms with Crippen molar-refractivity contribution in [3.63, 3.8) is 0 Å². The van der Waals surface area contributed by atoms with Crippen molar-refractivity contribution in [3.05, 3.63) is 89.0 Å². The number of rotatable bonds is 7. The number of hydrogen-bond acceptors (Lipinski definition) is 4. The second-order valence-electron chi connectivity index (χ2n) is 9.26. The number of piperidine rings is 1. The van der Waals surface area contributed by atoms with Crippen LogP contribution in [0.5, 0.6) is 0 Å². The largest absolute Gasteiger partial charge is 0.416 e. The molecule has 2 heterocycles. The molecule has 6 nitrogen and oxygen atoms in total. The average molecular weight is 496 g/mol. The Kier molecular flexibility index (Phi) is 7.75. The van der Waals surface area contributed by atoms with Gasteiger partial charge in [0.15, 0.2) is 0 Å². The maximum absolute atomic E-state index is 13.1. The third kappa shape index (κ3) is 6.32. The lowest BCUT2D eigenvalue weighted by Crippen LogP contribution is -2.43. The van der Waals surface area contributed by atoms with Gasteiger partial charge in [0.05, 0.1) is 47.4 Å². The van der Waals surface area contributed by atoms with Crippen molar-refractivity contribution in [2.75, 3.05) is 13.1 Å². The van der Waals surface area contributed by atoms with Crippen molar-refractivity contribution >= 4 is 5.91 Å². The zero-order valence-electron chi connectivity index (χ0n) is 20.0. The van der Waals surface area contributed by atoms with Crippen molar-refractivity contribution < 1.29 is 18.0 Å². The van der Waals surface area contributed by atoms with Gasteiger partial charge in [-0.05, 0) is 55.6 Å². The van der Waals surface area contributed by atoms with Gasteiger partial charge >= 0.3 is 6.18 Å². The molecule has 1 aliphatic heterocycles. The van der Waals surface area contributed by atoms with Gasteiger partial charge < -0.3 is 9.88 Å². The summed E-state index contributed by atoms with van der Waals surface area (Å²) in [5.41, 5.74) is 2.41. The van der Waals surface area contributed by atoms with E-state index in [-0.39, 0.29) is 17.9 Å². The molecule has 3 aromatic rings. The summed E-state index contributed by atoms with van der Waals surface area (Å²) in [6.45, 7) is 4.09. The minimum absolute atomic E-state index is 0.0673. The van der Waals surface area contributed by atoms with Crippen LogP contribution in [0, 0.1) is 17.2 Å². The molecule has 1 aliphatic rings. The van der Waals surface area contributed by atoms with Crippen molar-refractivity contribution in [1.29, 1.82) is 5.26 Å². The van der Waals surface area contributed by atoms with E-state index in [2.05, 4.69) is 16.4 Å². The van der Waals surface area contributed by atoms with Gasteiger partial charge in [-0.2, -0.15) is 18.4 Å². The number of nitrogens with one attached hydrogen (secondary N) is 1. The van der Waals surface area contributed by atoms with E-state index in [1.807, 2.05) is 28.5 Å². The van der Waals surface area contributed by atoms with Crippen LogP contribution in [0.4, 0.5) is 13.2 Å². The molecule has 1 fully saturated rings. The zero-order valence-corrected chi connectivity index (χ0v) is 20.0. The smallest absolute Gasteiger partial charge is 0.348 e. The number of aromatic nitrogens is 2. The van der Waals surface area contributed by atoms with Crippen LogP contribution < -0.4 is 5.32 Å². The Hall–Kier alpha value is -3.64. The third-order valence-corrected chi connectivity index (χ3v) is 6.52. The van der Waals surface area contributed by atoms with Crippen molar-refractivity contribution in [1.82, 2.24) is 19.8 Å². The van der Waals surface area contributed by atoms with E-state index in [0.29, 0.717) is 30.8 Å². The highest BCUT2D eigenvalue weighted by atomic mass is 19.4. The van der Waals surface area contributed by atoms with Gasteiger partial charge in [0, 0.05) is 19.6 Å². The number of imidazole rings is 1. The van der Waals surface area contributed by atoms with Crippen molar-refractivity contribution in [3.8, 4) is 6.07 Å². The standard InChI is InChI=1S/C27H28F3N5O/c1-19(25-14-32-18-35(25)16-21-9-7-20(13-31)8-10-21)33-26(36)23-5-3-11-34(17-23)15-22-4-2-6-24(12-22)27(28,29)30/h2,4,6-10,12,14,18-19,23H,3,5,11,15-17H2,1H3,(H,33,36)/t19-,23?/m0/s1. The fourth-order valence-corrected chi connectivity index (χ4v) is 4.63. The molecule has 2 aromatic carbocycles. The van der Waals surface area contributed by atoms with E-state index in [4.69, 9.17) is 5.26 Å². The predicted molar refractivity (Wildman–Crippen MR) is 128 cm³/mol. The van der Waals surface area contributed by atoms with Crippen LogP contribution in [0.3, 0.4) is 0 Å². The number of likely N-dealkylation sites (tertiary alicyclic amines) is 1. The Balaban J connectivity index is 1.35. The lowest BCUT2D eigenvalue weighted by atomic mass is 9.96. The Morgan fingerprint density at radius 1 is 1.19 bits per heavy atom. The van der Waals surface area contributed by atoms with Crippen LogP contribution in [0.1, 0.15) is 53.8 Å². The molecule has 36 heavy (non-hydrogen) atoms. The number of benzene rings is 2. The number of carbonyl (C=O) groups excluding carboxylic acids is 1. The SMILES string of the molecule is C[C@H](NC(=O)C1CCCN(Cc2cccc(C(F)(F)F)c2)C1)c1cncn1Cc1ccc(C#N)cc1. The molecule has 2 atom stereocenters. The van der Waals surface area contributed by atoms with Crippen molar-refractivity contribution in [2.24, 2.45) is 5.92 Å². The molecular weight excluding hydrogens is 467 g/mol. The first-order valence-electron chi connectivity index (χ1n) is 11.9. The number of amides is 1. The van der Waals surface area contributed by atoms with Gasteiger partial charge in [0.2, 0.25) is 5.91 Å². The summed E-state index contributed by atoms with van der Waals surface area (Å²) < 4.78 is 41.1. The highest BCUT2D eigenvalue weighted by Gasteiger charge is 2.31. The van der Waals surface area contributed by atoms with E-state index in [0.717, 1.165) is 36.7 Å². The van der Waals surface area contributed by atoms with Gasteiger partial charge in [-0.15, -0.1) is 0 Å². The van der Waals surface area contributed by atoms with Crippen LogP contribution in [-0.2, 0) is 24.1 Å². The van der Waals surface area contributed by atoms with Crippen LogP contribution in [-0.4, -0.2) is 33.4 Å². The fraction of sp³-hybridized carbons (Fsp3) is 0.370. The predicted octanol–water partition coefficient (Wildman–Crippen LogP) is 4.91. The number of nitrogens with zero attached hydrogens (tertiary/aromatic N) is 4. The van der Waals surface area contributed by atoms with Gasteiger partial charge in [-0.3, -0.25) is 9.69 Å². The number of carbonyl (C=O) groups is 1. The number of hydrogen-bond donors (Lipinski definition) is 1. The Morgan fingerprint density at radius 3 is 2.69 bits per heavy atom. The number of halogens is 3. The van der Waals surface area contributed by atoms with Crippen molar-refractivity contribution in [2.45, 2.75) is 45.1 Å². The zero-order chi connectivity index (χ0) is 25.7. The normalized spacial score (nSPS) is 17.4. The first kappa shape index (κ1) is 25.5. The van der Waals surface area contributed by atoms with Gasteiger partial charge in [0.1, 0.15) is 0 Å². The summed E-state index contributed by atoms with van der Waals surface area (Å²) in [7, 11) is 0. The molecule has 1 N–H and O–H groups in total. The van der Waals surface area contributed by atoms with E-state index >= 15 is 0 Å². The summed E-state index contributed by atoms with van der Waals surface area (Å²) in [6, 6.07) is 14.5. The highest BCUT2D eigenvalue weighted by Crippen LogP contribution is 2.30. The lowest BCUT2D eigenvalue weighted by Gasteiger charge is -2.32. The Morgan fingerprint density at radius 2 is 1.97 bits per heavy atom. The van der Waals surface area contributed by atoms with Crippen LogP contribution in [0.25, 0.3) is 0 Å². The second kappa shape index (κ2) is 11.0. The molecule has 1 aromatic heterocycles. The molecule has 0 saturated carbocycles. The van der Waals surface area contributed by atoms with E-state index < -0.39 is 11.7 Å². The number of nitriles is 1. The first-order chi connectivity index (χ1) is 17.2. The molecule has 1 unspecified atom stereocenters. The Labute approximate surface area is 208 Å². The fourth-order valence-electron chi connectivity index (χ4n) is 4.63. The quantitative estimate of drug-likeness (QED) is 0.506. The maximum atomic E-state index is 13.1. The molecule has 9 heteroatoms. The summed E-state index contributed by atoms with van der Waals surface area (Å²) >= 11 is 0. The van der Waals surface area contributed by atoms with E-state index in [9.17, 15) is 18.0 Å². The van der Waals surface area contributed by atoms with Gasteiger partial charge in [-0.1, -0.05) is 30.3 Å². The molecule has 1 amide bonds. The summed E-state index contributed by atoms with van der Waals surface area (Å²) in [6.07, 6.45) is 0.621. The topological polar surface area (TPSA) is 74.0 Å². The molecule has 188 valence electrons. The first-order valence-corrected chi connectivity index (χ1v) is 11.9. The average Bonchev–Trinajstić information content (AvgIpc) is 3.32. The Bertz CT molecular complexity index is 1230. The highest BCUT2D eigenvalue weighted by molar-refractivity contribution is 5.79. The minimum Gasteiger partial charge on any atom is -0.348 e.